The smallest absolute Gasteiger partial charge is 0.235 e. The minimum Gasteiger partial charge on any atom is -0.396 e. The summed E-state index contributed by atoms with van der Waals surface area (Å²) in [5.41, 5.74) is -2.82. The van der Waals surface area contributed by atoms with Crippen LogP contribution in [0.4, 0.5) is 34.6 Å². The van der Waals surface area contributed by atoms with Gasteiger partial charge in [0.2, 0.25) is 10.0 Å². The fourth-order valence-corrected chi connectivity index (χ4v) is 4.44. The van der Waals surface area contributed by atoms with Crippen molar-refractivity contribution in [1.29, 1.82) is 0 Å². The van der Waals surface area contributed by atoms with Gasteiger partial charge in [-0.1, -0.05) is 0 Å². The third kappa shape index (κ3) is 4.20. The lowest BCUT2D eigenvalue weighted by Crippen LogP contribution is -2.21. The number of benzene rings is 2. The van der Waals surface area contributed by atoms with E-state index in [2.05, 4.69) is 5.32 Å². The SMILES string of the molecule is O=S(=O)(Nc1c(F)c(CCO)c(F)c(F)c1Nc1ccc(I)cc1F)C1CC1. The van der Waals surface area contributed by atoms with Crippen molar-refractivity contribution in [3.8, 4) is 0 Å². The van der Waals surface area contributed by atoms with Gasteiger partial charge in [0.05, 0.1) is 10.9 Å². The number of sulfonamides is 1. The van der Waals surface area contributed by atoms with Crippen LogP contribution in [0.25, 0.3) is 0 Å². The van der Waals surface area contributed by atoms with Gasteiger partial charge in [-0.3, -0.25) is 4.72 Å². The highest BCUT2D eigenvalue weighted by atomic mass is 127. The van der Waals surface area contributed by atoms with Crippen LogP contribution in [0.15, 0.2) is 18.2 Å². The first kappa shape index (κ1) is 21.1. The molecule has 1 aliphatic carbocycles. The summed E-state index contributed by atoms with van der Waals surface area (Å²) in [5.74, 6) is -5.36. The van der Waals surface area contributed by atoms with Crippen molar-refractivity contribution in [3.63, 3.8) is 0 Å². The standard InChI is InChI=1S/C17H15F4IN2O3S/c18-11-7-8(22)1-4-12(11)23-16-15(21)13(19)10(5-6-25)14(20)17(16)24-28(26,27)9-2-3-9/h1,4,7,9,23-25H,2-3,5-6H2. The number of halogens is 5. The molecule has 0 aliphatic heterocycles. The molecule has 0 saturated heterocycles. The van der Waals surface area contributed by atoms with E-state index in [0.29, 0.717) is 16.4 Å². The van der Waals surface area contributed by atoms with Gasteiger partial charge in [-0.05, 0) is 53.6 Å². The average Bonchev–Trinajstić information content (AvgIpc) is 3.47. The van der Waals surface area contributed by atoms with Crippen LogP contribution in [-0.2, 0) is 16.4 Å². The first-order chi connectivity index (χ1) is 13.2. The molecule has 0 unspecified atom stereocenters. The number of aliphatic hydroxyl groups is 1. The molecule has 3 rings (SSSR count). The molecule has 0 atom stereocenters. The van der Waals surface area contributed by atoms with Crippen LogP contribution >= 0.6 is 22.6 Å². The van der Waals surface area contributed by atoms with Crippen molar-refractivity contribution >= 4 is 49.7 Å². The number of hydrogen-bond donors (Lipinski definition) is 3. The summed E-state index contributed by atoms with van der Waals surface area (Å²) in [6.07, 6.45) is 0.155. The molecule has 1 fully saturated rings. The maximum absolute atomic E-state index is 14.9. The van der Waals surface area contributed by atoms with Gasteiger partial charge in [0.25, 0.3) is 0 Å². The lowest BCUT2D eigenvalue weighted by Gasteiger charge is -2.19. The highest BCUT2D eigenvalue weighted by Crippen LogP contribution is 2.39. The average molecular weight is 530 g/mol. The predicted octanol–water partition coefficient (Wildman–Crippen LogP) is 4.03. The van der Waals surface area contributed by atoms with Crippen molar-refractivity contribution in [3.05, 3.63) is 50.6 Å². The Labute approximate surface area is 172 Å². The van der Waals surface area contributed by atoms with Crippen LogP contribution < -0.4 is 10.0 Å². The molecule has 1 saturated carbocycles. The maximum atomic E-state index is 14.9. The van der Waals surface area contributed by atoms with Crippen LogP contribution in [0, 0.1) is 26.8 Å². The van der Waals surface area contributed by atoms with E-state index in [0.717, 1.165) is 6.07 Å². The second-order valence-corrected chi connectivity index (χ2v) is 9.45. The zero-order valence-corrected chi connectivity index (χ0v) is 17.2. The van der Waals surface area contributed by atoms with Crippen LogP contribution in [0.3, 0.4) is 0 Å². The summed E-state index contributed by atoms with van der Waals surface area (Å²) >= 11 is 1.85. The molecule has 5 nitrogen and oxygen atoms in total. The fourth-order valence-electron chi connectivity index (χ4n) is 2.58. The topological polar surface area (TPSA) is 78.4 Å². The predicted molar refractivity (Wildman–Crippen MR) is 105 cm³/mol. The van der Waals surface area contributed by atoms with Gasteiger partial charge in [0.1, 0.15) is 17.2 Å². The van der Waals surface area contributed by atoms with E-state index in [1.807, 2.05) is 27.3 Å². The molecule has 152 valence electrons. The molecule has 0 aromatic heterocycles. The van der Waals surface area contributed by atoms with Gasteiger partial charge < -0.3 is 10.4 Å². The zero-order chi connectivity index (χ0) is 20.6. The lowest BCUT2D eigenvalue weighted by molar-refractivity contribution is 0.294. The molecule has 0 radical (unpaired) electrons. The Hall–Kier alpha value is -1.60. The summed E-state index contributed by atoms with van der Waals surface area (Å²) in [6.45, 7) is -0.680. The third-order valence-corrected chi connectivity index (χ3v) is 6.68. The molecule has 2 aromatic rings. The van der Waals surface area contributed by atoms with Gasteiger partial charge in [0.15, 0.2) is 17.5 Å². The largest absolute Gasteiger partial charge is 0.396 e. The van der Waals surface area contributed by atoms with Gasteiger partial charge in [-0.25, -0.2) is 26.0 Å². The van der Waals surface area contributed by atoms with E-state index in [-0.39, 0.29) is 5.69 Å². The Morgan fingerprint density at radius 3 is 2.32 bits per heavy atom. The second kappa shape index (κ2) is 8.03. The molecule has 0 amide bonds. The Bertz CT molecular complexity index is 1030. The normalized spacial score (nSPS) is 14.2. The quantitative estimate of drug-likeness (QED) is 0.287. The van der Waals surface area contributed by atoms with Gasteiger partial charge in [-0.15, -0.1) is 0 Å². The zero-order valence-electron chi connectivity index (χ0n) is 14.2. The summed E-state index contributed by atoms with van der Waals surface area (Å²) < 4.78 is 85.0. The highest BCUT2D eigenvalue weighted by molar-refractivity contribution is 14.1. The summed E-state index contributed by atoms with van der Waals surface area (Å²) in [4.78, 5) is 0. The van der Waals surface area contributed by atoms with Crippen molar-refractivity contribution in [2.75, 3.05) is 16.6 Å². The number of hydrogen-bond acceptors (Lipinski definition) is 4. The van der Waals surface area contributed by atoms with Gasteiger partial charge in [-0.2, -0.15) is 0 Å². The molecule has 1 aliphatic rings. The Morgan fingerprint density at radius 2 is 1.75 bits per heavy atom. The lowest BCUT2D eigenvalue weighted by atomic mass is 10.1. The van der Waals surface area contributed by atoms with E-state index in [1.165, 1.54) is 12.1 Å². The van der Waals surface area contributed by atoms with E-state index >= 15 is 0 Å². The fraction of sp³-hybridized carbons (Fsp3) is 0.294. The molecule has 2 aromatic carbocycles. The molecule has 3 N–H and O–H groups in total. The summed E-state index contributed by atoms with van der Waals surface area (Å²) in [7, 11) is -4.03. The molecule has 28 heavy (non-hydrogen) atoms. The molecule has 0 spiro atoms. The van der Waals surface area contributed by atoms with Crippen LogP contribution in [-0.4, -0.2) is 25.4 Å². The third-order valence-electron chi connectivity index (χ3n) is 4.17. The summed E-state index contributed by atoms with van der Waals surface area (Å²) in [5, 5.41) is 10.5. The van der Waals surface area contributed by atoms with E-state index in [1.54, 1.807) is 0 Å². The Kier molecular flexibility index (Phi) is 6.05. The highest BCUT2D eigenvalue weighted by Gasteiger charge is 2.38. The van der Waals surface area contributed by atoms with Gasteiger partial charge in [0, 0.05) is 22.2 Å². The Balaban J connectivity index is 2.15. The van der Waals surface area contributed by atoms with Crippen molar-refractivity contribution < 1.29 is 31.1 Å². The van der Waals surface area contributed by atoms with Crippen molar-refractivity contribution in [2.45, 2.75) is 24.5 Å². The van der Waals surface area contributed by atoms with Crippen LogP contribution in [0.1, 0.15) is 18.4 Å². The molecule has 0 heterocycles. The number of nitrogens with one attached hydrogen (secondary N) is 2. The van der Waals surface area contributed by atoms with Gasteiger partial charge >= 0.3 is 0 Å². The molecular weight excluding hydrogens is 515 g/mol. The summed E-state index contributed by atoms with van der Waals surface area (Å²) in [6, 6.07) is 3.82. The van der Waals surface area contributed by atoms with E-state index < -0.39 is 68.5 Å². The van der Waals surface area contributed by atoms with E-state index in [9.17, 15) is 26.0 Å². The first-order valence-corrected chi connectivity index (χ1v) is 10.8. The number of anilines is 3. The monoisotopic (exact) mass is 530 g/mol. The molecule has 11 heteroatoms. The number of aliphatic hydroxyl groups excluding tert-OH is 1. The van der Waals surface area contributed by atoms with E-state index in [4.69, 9.17) is 5.11 Å². The Morgan fingerprint density at radius 1 is 1.07 bits per heavy atom. The molecular formula is C17H15F4IN2O3S. The minimum atomic E-state index is -4.03. The first-order valence-electron chi connectivity index (χ1n) is 8.19. The molecule has 0 bridgehead atoms. The van der Waals surface area contributed by atoms with Crippen molar-refractivity contribution in [1.82, 2.24) is 0 Å². The maximum Gasteiger partial charge on any atom is 0.235 e. The second-order valence-electron chi connectivity index (χ2n) is 6.24. The minimum absolute atomic E-state index is 0.292. The number of rotatable bonds is 7. The van der Waals surface area contributed by atoms with Crippen molar-refractivity contribution in [2.24, 2.45) is 0 Å². The van der Waals surface area contributed by atoms with Crippen LogP contribution in [0.2, 0.25) is 0 Å². The van der Waals surface area contributed by atoms with Crippen LogP contribution in [0.5, 0.6) is 0 Å².